The maximum atomic E-state index is 13.2. The summed E-state index contributed by atoms with van der Waals surface area (Å²) in [4.78, 5) is 27.8. The third-order valence-corrected chi connectivity index (χ3v) is 6.02. The summed E-state index contributed by atoms with van der Waals surface area (Å²) in [7, 11) is 0. The van der Waals surface area contributed by atoms with Crippen LogP contribution in [0.15, 0.2) is 67.3 Å². The molecule has 2 aromatic carbocycles. The number of benzene rings is 2. The van der Waals surface area contributed by atoms with E-state index >= 15 is 0 Å². The van der Waals surface area contributed by atoms with Gasteiger partial charge in [-0.25, -0.2) is 0 Å². The highest BCUT2D eigenvalue weighted by molar-refractivity contribution is 5.86. The zero-order valence-electron chi connectivity index (χ0n) is 18.3. The summed E-state index contributed by atoms with van der Waals surface area (Å²) < 4.78 is 0. The van der Waals surface area contributed by atoms with Gasteiger partial charge in [0.25, 0.3) is 0 Å². The molecule has 0 saturated carbocycles. The van der Waals surface area contributed by atoms with Crippen molar-refractivity contribution in [1.82, 2.24) is 10.2 Å². The first-order chi connectivity index (χ1) is 15.5. The molecule has 1 aliphatic heterocycles. The molecule has 0 fully saturated rings. The fourth-order valence-electron chi connectivity index (χ4n) is 4.23. The van der Waals surface area contributed by atoms with Gasteiger partial charge in [0.1, 0.15) is 0 Å². The van der Waals surface area contributed by atoms with Gasteiger partial charge in [0.05, 0.1) is 31.2 Å². The van der Waals surface area contributed by atoms with Crippen LogP contribution in [0.4, 0.5) is 0 Å². The van der Waals surface area contributed by atoms with Crippen molar-refractivity contribution in [3.05, 3.63) is 83.9 Å². The molecule has 2 aromatic rings. The number of nitrogens with zero attached hydrogens (tertiary/aromatic N) is 1. The molecule has 6 heteroatoms. The van der Waals surface area contributed by atoms with Gasteiger partial charge >= 0.3 is 0 Å². The summed E-state index contributed by atoms with van der Waals surface area (Å²) in [6, 6.07) is 16.8. The van der Waals surface area contributed by atoms with E-state index in [1.54, 1.807) is 11.0 Å². The third-order valence-electron chi connectivity index (χ3n) is 6.02. The van der Waals surface area contributed by atoms with E-state index < -0.39 is 12.0 Å². The maximum Gasteiger partial charge on any atom is 0.224 e. The lowest BCUT2D eigenvalue weighted by atomic mass is 9.92. The number of hydrogen-bond donors (Lipinski definition) is 3. The van der Waals surface area contributed by atoms with Crippen LogP contribution in [-0.2, 0) is 29.0 Å². The second-order valence-corrected chi connectivity index (χ2v) is 8.33. The van der Waals surface area contributed by atoms with E-state index in [4.69, 9.17) is 0 Å². The quantitative estimate of drug-likeness (QED) is 0.498. The third kappa shape index (κ3) is 6.05. The Morgan fingerprint density at radius 2 is 1.78 bits per heavy atom. The SMILES string of the molecule is C=CC[C@H](CC(=O)N1Cc2ccccc2C[C@H]1CO)C(=O)N[C@H](CO)Cc1ccccc1. The summed E-state index contributed by atoms with van der Waals surface area (Å²) in [6.45, 7) is 3.85. The second kappa shape index (κ2) is 11.6. The lowest BCUT2D eigenvalue weighted by Crippen LogP contribution is -2.48. The van der Waals surface area contributed by atoms with E-state index in [1.165, 1.54) is 0 Å². The minimum atomic E-state index is -0.582. The number of aliphatic hydroxyl groups excluding tert-OH is 2. The lowest BCUT2D eigenvalue weighted by molar-refractivity contribution is -0.140. The molecule has 0 aromatic heterocycles. The number of nitrogens with one attached hydrogen (secondary N) is 1. The molecule has 3 atom stereocenters. The summed E-state index contributed by atoms with van der Waals surface area (Å²) >= 11 is 0. The van der Waals surface area contributed by atoms with Crippen molar-refractivity contribution in [2.75, 3.05) is 13.2 Å². The van der Waals surface area contributed by atoms with Crippen LogP contribution >= 0.6 is 0 Å². The summed E-state index contributed by atoms with van der Waals surface area (Å²) in [6.07, 6.45) is 3.13. The number of allylic oxidation sites excluding steroid dienone is 1. The lowest BCUT2D eigenvalue weighted by Gasteiger charge is -2.36. The number of carbonyl (C=O) groups is 2. The molecular weight excluding hydrogens is 404 g/mol. The van der Waals surface area contributed by atoms with E-state index in [2.05, 4.69) is 11.9 Å². The molecule has 3 rings (SSSR count). The number of fused-ring (bicyclic) bond motifs is 1. The predicted octanol–water partition coefficient (Wildman–Crippen LogP) is 2.23. The van der Waals surface area contributed by atoms with Gasteiger partial charge in [0, 0.05) is 13.0 Å². The molecule has 0 spiro atoms. The molecular formula is C26H32N2O4. The molecule has 3 N–H and O–H groups in total. The van der Waals surface area contributed by atoms with Crippen molar-refractivity contribution in [1.29, 1.82) is 0 Å². The van der Waals surface area contributed by atoms with Crippen LogP contribution in [0.5, 0.6) is 0 Å². The molecule has 6 nitrogen and oxygen atoms in total. The Labute approximate surface area is 189 Å². The summed E-state index contributed by atoms with van der Waals surface area (Å²) in [5.74, 6) is -1.02. The summed E-state index contributed by atoms with van der Waals surface area (Å²) in [5.41, 5.74) is 3.22. The highest BCUT2D eigenvalue weighted by Crippen LogP contribution is 2.25. The topological polar surface area (TPSA) is 89.9 Å². The Kier molecular flexibility index (Phi) is 8.59. The molecule has 0 bridgehead atoms. The Balaban J connectivity index is 1.66. The largest absolute Gasteiger partial charge is 0.394 e. The first-order valence-electron chi connectivity index (χ1n) is 11.1. The predicted molar refractivity (Wildman–Crippen MR) is 124 cm³/mol. The number of carbonyl (C=O) groups excluding carboxylic acids is 2. The number of aliphatic hydroxyl groups is 2. The van der Waals surface area contributed by atoms with Crippen molar-refractivity contribution in [2.24, 2.45) is 5.92 Å². The standard InChI is InChI=1S/C26H32N2O4/c1-2-8-21(26(32)27-23(17-29)13-19-9-4-3-5-10-19)15-25(31)28-16-22-12-7-6-11-20(22)14-24(28)18-30/h2-7,9-12,21,23-24,29-30H,1,8,13-18H2,(H,27,32)/t21-,23+,24+/m1/s1. The van der Waals surface area contributed by atoms with Crippen molar-refractivity contribution in [3.63, 3.8) is 0 Å². The van der Waals surface area contributed by atoms with Crippen LogP contribution in [0, 0.1) is 5.92 Å². The van der Waals surface area contributed by atoms with E-state index in [9.17, 15) is 19.8 Å². The van der Waals surface area contributed by atoms with E-state index in [1.807, 2.05) is 54.6 Å². The molecule has 0 radical (unpaired) electrons. The monoisotopic (exact) mass is 436 g/mol. The van der Waals surface area contributed by atoms with Crippen LogP contribution in [0.25, 0.3) is 0 Å². The Morgan fingerprint density at radius 3 is 2.44 bits per heavy atom. The number of rotatable bonds is 10. The average molecular weight is 437 g/mol. The number of hydrogen-bond acceptors (Lipinski definition) is 4. The van der Waals surface area contributed by atoms with Crippen LogP contribution < -0.4 is 5.32 Å². The molecule has 170 valence electrons. The van der Waals surface area contributed by atoms with Gasteiger partial charge < -0.3 is 20.4 Å². The van der Waals surface area contributed by atoms with Crippen LogP contribution in [0.3, 0.4) is 0 Å². The smallest absolute Gasteiger partial charge is 0.224 e. The van der Waals surface area contributed by atoms with Crippen LogP contribution in [-0.4, -0.2) is 52.2 Å². The molecule has 2 amide bonds. The van der Waals surface area contributed by atoms with E-state index in [0.717, 1.165) is 16.7 Å². The summed E-state index contributed by atoms with van der Waals surface area (Å²) in [5, 5.41) is 22.5. The normalized spacial score (nSPS) is 17.2. The Bertz CT molecular complexity index is 915. The molecule has 0 saturated heterocycles. The van der Waals surface area contributed by atoms with Gasteiger partial charge in [-0.2, -0.15) is 0 Å². The minimum Gasteiger partial charge on any atom is -0.394 e. The highest BCUT2D eigenvalue weighted by atomic mass is 16.3. The second-order valence-electron chi connectivity index (χ2n) is 8.33. The molecule has 1 heterocycles. The van der Waals surface area contributed by atoms with Gasteiger partial charge in [-0.15, -0.1) is 6.58 Å². The molecule has 32 heavy (non-hydrogen) atoms. The highest BCUT2D eigenvalue weighted by Gasteiger charge is 2.32. The fourth-order valence-corrected chi connectivity index (χ4v) is 4.23. The first kappa shape index (κ1) is 23.7. The number of amides is 2. The van der Waals surface area contributed by atoms with Gasteiger partial charge in [-0.05, 0) is 36.0 Å². The van der Waals surface area contributed by atoms with Gasteiger partial charge in [0.2, 0.25) is 11.8 Å². The van der Waals surface area contributed by atoms with Crippen molar-refractivity contribution < 1.29 is 19.8 Å². The zero-order chi connectivity index (χ0) is 22.9. The van der Waals surface area contributed by atoms with E-state index in [-0.39, 0.29) is 37.5 Å². The van der Waals surface area contributed by atoms with Crippen LogP contribution in [0.1, 0.15) is 29.5 Å². The molecule has 0 unspecified atom stereocenters. The van der Waals surface area contributed by atoms with Gasteiger partial charge in [-0.1, -0.05) is 60.7 Å². The molecule has 0 aliphatic carbocycles. The van der Waals surface area contributed by atoms with Crippen molar-refractivity contribution in [3.8, 4) is 0 Å². The van der Waals surface area contributed by atoms with E-state index in [0.29, 0.717) is 25.8 Å². The maximum absolute atomic E-state index is 13.2. The minimum absolute atomic E-state index is 0.0278. The Hall–Kier alpha value is -2.96. The Morgan fingerprint density at radius 1 is 1.09 bits per heavy atom. The van der Waals surface area contributed by atoms with Crippen molar-refractivity contribution in [2.45, 2.75) is 44.3 Å². The van der Waals surface area contributed by atoms with Gasteiger partial charge in [-0.3, -0.25) is 9.59 Å². The molecule has 1 aliphatic rings. The first-order valence-corrected chi connectivity index (χ1v) is 11.1. The average Bonchev–Trinajstić information content (AvgIpc) is 2.82. The van der Waals surface area contributed by atoms with Gasteiger partial charge in [0.15, 0.2) is 0 Å². The fraction of sp³-hybridized carbons (Fsp3) is 0.385. The zero-order valence-corrected chi connectivity index (χ0v) is 18.3. The van der Waals surface area contributed by atoms with Crippen molar-refractivity contribution >= 4 is 11.8 Å². The van der Waals surface area contributed by atoms with Crippen LogP contribution in [0.2, 0.25) is 0 Å².